The van der Waals surface area contributed by atoms with Crippen molar-refractivity contribution in [2.45, 2.75) is 12.8 Å². The Balaban J connectivity index is 3.13. The lowest BCUT2D eigenvalue weighted by Gasteiger charge is -2.05. The number of nitrogens with zero attached hydrogens (tertiary/aromatic N) is 1. The maximum Gasteiger partial charge on any atom is 0.127 e. The maximum absolute atomic E-state index is 10.5. The van der Waals surface area contributed by atoms with Crippen LogP contribution in [0.15, 0.2) is 18.2 Å². The number of halogens is 1. The molecule has 0 radical (unpaired) electrons. The molecule has 0 aromatic heterocycles. The number of hydrogen-bond acceptors (Lipinski definition) is 2. The largest absolute Gasteiger partial charge is 0.303 e. The first-order chi connectivity index (χ1) is 6.19. The number of benzene rings is 1. The van der Waals surface area contributed by atoms with Gasteiger partial charge in [0.25, 0.3) is 0 Å². The first-order valence-corrected chi connectivity index (χ1v) is 4.21. The lowest BCUT2D eigenvalue weighted by atomic mass is 10.0. The van der Waals surface area contributed by atoms with Crippen molar-refractivity contribution >= 4 is 17.9 Å². The molecule has 0 N–H and O–H groups in total. The highest BCUT2D eigenvalue weighted by atomic mass is 35.5. The summed E-state index contributed by atoms with van der Waals surface area (Å²) >= 11 is 5.87. The van der Waals surface area contributed by atoms with Gasteiger partial charge in [0, 0.05) is 10.9 Å². The van der Waals surface area contributed by atoms with Gasteiger partial charge in [-0.3, -0.25) is 0 Å². The van der Waals surface area contributed by atoms with Gasteiger partial charge in [0.1, 0.15) is 6.29 Å². The fourth-order valence-electron chi connectivity index (χ4n) is 1.04. The van der Waals surface area contributed by atoms with E-state index in [-0.39, 0.29) is 5.92 Å². The van der Waals surface area contributed by atoms with Crippen LogP contribution in [-0.2, 0) is 4.79 Å². The summed E-state index contributed by atoms with van der Waals surface area (Å²) in [5.41, 5.74) is 1.27. The van der Waals surface area contributed by atoms with Gasteiger partial charge in [-0.05, 0) is 17.7 Å². The number of nitriles is 1. The lowest BCUT2D eigenvalue weighted by molar-refractivity contribution is -0.108. The molecule has 0 aliphatic rings. The van der Waals surface area contributed by atoms with Crippen LogP contribution in [0.3, 0.4) is 0 Å². The van der Waals surface area contributed by atoms with Crippen LogP contribution in [-0.4, -0.2) is 6.29 Å². The minimum Gasteiger partial charge on any atom is -0.303 e. The van der Waals surface area contributed by atoms with Crippen molar-refractivity contribution in [3.8, 4) is 6.07 Å². The Morgan fingerprint density at radius 3 is 2.77 bits per heavy atom. The van der Waals surface area contributed by atoms with E-state index < -0.39 is 0 Å². The first-order valence-electron chi connectivity index (χ1n) is 3.84. The number of carbonyl (C=O) groups is 1. The van der Waals surface area contributed by atoms with Gasteiger partial charge in [-0.15, -0.1) is 0 Å². The van der Waals surface area contributed by atoms with Crippen molar-refractivity contribution in [2.24, 2.45) is 0 Å². The number of hydrogen-bond donors (Lipinski definition) is 0. The Morgan fingerprint density at radius 1 is 1.62 bits per heavy atom. The normalized spacial score (nSPS) is 11.8. The summed E-state index contributed by atoms with van der Waals surface area (Å²) in [5, 5.41) is 9.04. The second-order valence-corrected chi connectivity index (χ2v) is 3.18. The van der Waals surface area contributed by atoms with Crippen LogP contribution in [0, 0.1) is 11.3 Å². The van der Waals surface area contributed by atoms with Gasteiger partial charge in [0.15, 0.2) is 0 Å². The summed E-state index contributed by atoms with van der Waals surface area (Å²) < 4.78 is 0. The molecule has 2 nitrogen and oxygen atoms in total. The molecule has 0 bridgehead atoms. The first kappa shape index (κ1) is 9.76. The third-order valence-corrected chi connectivity index (χ3v) is 2.15. The average molecular weight is 194 g/mol. The topological polar surface area (TPSA) is 40.9 Å². The molecule has 0 amide bonds. The van der Waals surface area contributed by atoms with Crippen molar-refractivity contribution in [1.29, 1.82) is 5.26 Å². The highest BCUT2D eigenvalue weighted by Crippen LogP contribution is 2.23. The van der Waals surface area contributed by atoms with Crippen molar-refractivity contribution < 1.29 is 4.79 Å². The Bertz CT molecular complexity index is 368. The fourth-order valence-corrected chi connectivity index (χ4v) is 1.39. The van der Waals surface area contributed by atoms with Gasteiger partial charge in [0.05, 0.1) is 11.6 Å². The quantitative estimate of drug-likeness (QED) is 0.678. The van der Waals surface area contributed by atoms with Crippen LogP contribution < -0.4 is 0 Å². The number of aldehydes is 1. The molecule has 1 aromatic carbocycles. The zero-order valence-corrected chi connectivity index (χ0v) is 7.88. The SMILES string of the molecule is CC(C=O)c1ccc(C#N)cc1Cl. The van der Waals surface area contributed by atoms with Crippen LogP contribution in [0.1, 0.15) is 24.0 Å². The summed E-state index contributed by atoms with van der Waals surface area (Å²) in [6.45, 7) is 1.76. The molecular formula is C10H8ClNO. The standard InChI is InChI=1S/C10H8ClNO/c1-7(6-13)9-3-2-8(5-12)4-10(9)11/h2-4,6-7H,1H3. The molecule has 0 aliphatic carbocycles. The average Bonchev–Trinajstić information content (AvgIpc) is 2.16. The van der Waals surface area contributed by atoms with Crippen LogP contribution in [0.5, 0.6) is 0 Å². The van der Waals surface area contributed by atoms with Crippen molar-refractivity contribution in [3.63, 3.8) is 0 Å². The summed E-state index contributed by atoms with van der Waals surface area (Å²) in [5.74, 6) is -0.222. The van der Waals surface area contributed by atoms with E-state index in [0.717, 1.165) is 11.8 Å². The van der Waals surface area contributed by atoms with E-state index in [9.17, 15) is 4.79 Å². The summed E-state index contributed by atoms with van der Waals surface area (Å²) in [6.07, 6.45) is 0.827. The van der Waals surface area contributed by atoms with Crippen molar-refractivity contribution in [3.05, 3.63) is 34.3 Å². The van der Waals surface area contributed by atoms with Crippen LogP contribution in [0.25, 0.3) is 0 Å². The van der Waals surface area contributed by atoms with Gasteiger partial charge in [-0.25, -0.2) is 0 Å². The monoisotopic (exact) mass is 193 g/mol. The van der Waals surface area contributed by atoms with Crippen molar-refractivity contribution in [1.82, 2.24) is 0 Å². The molecule has 1 rings (SSSR count). The summed E-state index contributed by atoms with van der Waals surface area (Å²) in [7, 11) is 0. The minimum absolute atomic E-state index is 0.222. The van der Waals surface area contributed by atoms with E-state index in [1.165, 1.54) is 0 Å². The molecule has 0 saturated heterocycles. The lowest BCUT2D eigenvalue weighted by Crippen LogP contribution is -1.95. The molecule has 1 unspecified atom stereocenters. The Labute approximate surface area is 81.7 Å². The Morgan fingerprint density at radius 2 is 2.31 bits per heavy atom. The van der Waals surface area contributed by atoms with Gasteiger partial charge in [0.2, 0.25) is 0 Å². The fraction of sp³-hybridized carbons (Fsp3) is 0.200. The molecule has 1 aromatic rings. The zero-order chi connectivity index (χ0) is 9.84. The molecular weight excluding hydrogens is 186 g/mol. The molecule has 0 fully saturated rings. The molecule has 1 atom stereocenters. The highest BCUT2D eigenvalue weighted by molar-refractivity contribution is 6.31. The Hall–Kier alpha value is -1.33. The molecule has 0 heterocycles. The summed E-state index contributed by atoms with van der Waals surface area (Å²) in [4.78, 5) is 10.5. The van der Waals surface area contributed by atoms with E-state index in [0.29, 0.717) is 10.6 Å². The predicted molar refractivity (Wildman–Crippen MR) is 50.6 cm³/mol. The van der Waals surface area contributed by atoms with Crippen LogP contribution in [0.2, 0.25) is 5.02 Å². The number of rotatable bonds is 2. The van der Waals surface area contributed by atoms with E-state index in [4.69, 9.17) is 16.9 Å². The third kappa shape index (κ3) is 2.07. The second kappa shape index (κ2) is 4.06. The molecule has 66 valence electrons. The maximum atomic E-state index is 10.5. The molecule has 3 heteroatoms. The highest BCUT2D eigenvalue weighted by Gasteiger charge is 2.08. The molecule has 0 saturated carbocycles. The van der Waals surface area contributed by atoms with Crippen molar-refractivity contribution in [2.75, 3.05) is 0 Å². The van der Waals surface area contributed by atoms with E-state index >= 15 is 0 Å². The van der Waals surface area contributed by atoms with E-state index in [1.54, 1.807) is 25.1 Å². The molecule has 0 aliphatic heterocycles. The van der Waals surface area contributed by atoms with Gasteiger partial charge < -0.3 is 4.79 Å². The zero-order valence-electron chi connectivity index (χ0n) is 7.12. The van der Waals surface area contributed by atoms with Crippen LogP contribution in [0.4, 0.5) is 0 Å². The van der Waals surface area contributed by atoms with Gasteiger partial charge in [-0.2, -0.15) is 5.26 Å². The minimum atomic E-state index is -0.222. The second-order valence-electron chi connectivity index (χ2n) is 2.77. The third-order valence-electron chi connectivity index (χ3n) is 1.82. The molecule has 13 heavy (non-hydrogen) atoms. The van der Waals surface area contributed by atoms with Gasteiger partial charge >= 0.3 is 0 Å². The predicted octanol–water partition coefficient (Wildman–Crippen LogP) is 2.51. The molecule has 0 spiro atoms. The van der Waals surface area contributed by atoms with E-state index in [1.807, 2.05) is 6.07 Å². The van der Waals surface area contributed by atoms with Gasteiger partial charge in [-0.1, -0.05) is 24.6 Å². The van der Waals surface area contributed by atoms with Crippen LogP contribution >= 0.6 is 11.6 Å². The Kier molecular flexibility index (Phi) is 3.05. The van der Waals surface area contributed by atoms with E-state index in [2.05, 4.69) is 0 Å². The number of carbonyl (C=O) groups excluding carboxylic acids is 1. The summed E-state index contributed by atoms with van der Waals surface area (Å²) in [6, 6.07) is 6.91. The smallest absolute Gasteiger partial charge is 0.127 e.